The molecule has 5 heteroatoms. The first kappa shape index (κ1) is 13.7. The van der Waals surface area contributed by atoms with Crippen LogP contribution in [0.1, 0.15) is 6.42 Å². The molecule has 0 bridgehead atoms. The topological polar surface area (TPSA) is 30.5 Å². The Hall–Kier alpha value is -0.740. The Kier molecular flexibility index (Phi) is 4.89. The highest BCUT2D eigenvalue weighted by Gasteiger charge is 2.16. The van der Waals surface area contributed by atoms with Gasteiger partial charge in [-0.2, -0.15) is 11.8 Å². The minimum Gasteiger partial charge on any atom is -0.493 e. The second-order valence-corrected chi connectivity index (χ2v) is 5.85. The van der Waals surface area contributed by atoms with Crippen molar-refractivity contribution in [2.24, 2.45) is 5.92 Å². The maximum absolute atomic E-state index is 6.22. The molecule has 0 amide bonds. The Morgan fingerprint density at radius 1 is 1.33 bits per heavy atom. The lowest BCUT2D eigenvalue weighted by Gasteiger charge is -2.15. The quantitative estimate of drug-likeness (QED) is 0.897. The van der Waals surface area contributed by atoms with Crippen LogP contribution in [0.15, 0.2) is 12.1 Å². The SMILES string of the molecule is COc1cc(Cl)c(NCC2CCSC2)cc1OC. The summed E-state index contributed by atoms with van der Waals surface area (Å²) < 4.78 is 10.5. The van der Waals surface area contributed by atoms with Crippen LogP contribution < -0.4 is 14.8 Å². The van der Waals surface area contributed by atoms with Gasteiger partial charge < -0.3 is 14.8 Å². The molecule has 100 valence electrons. The monoisotopic (exact) mass is 287 g/mol. The van der Waals surface area contributed by atoms with E-state index in [1.807, 2.05) is 17.8 Å². The van der Waals surface area contributed by atoms with Crippen LogP contribution in [-0.4, -0.2) is 32.3 Å². The molecule has 1 aromatic carbocycles. The molecule has 1 heterocycles. The molecule has 3 nitrogen and oxygen atoms in total. The summed E-state index contributed by atoms with van der Waals surface area (Å²) in [4.78, 5) is 0. The van der Waals surface area contributed by atoms with Crippen molar-refractivity contribution in [3.8, 4) is 11.5 Å². The first-order valence-corrected chi connectivity index (χ1v) is 7.51. The van der Waals surface area contributed by atoms with Crippen molar-refractivity contribution in [3.63, 3.8) is 0 Å². The summed E-state index contributed by atoms with van der Waals surface area (Å²) in [6, 6.07) is 3.68. The Bertz CT molecular complexity index is 408. The van der Waals surface area contributed by atoms with Gasteiger partial charge in [0.2, 0.25) is 0 Å². The number of benzene rings is 1. The van der Waals surface area contributed by atoms with Crippen LogP contribution in [0.4, 0.5) is 5.69 Å². The average Bonchev–Trinajstić information content (AvgIpc) is 2.90. The molecular formula is C13H18ClNO2S. The van der Waals surface area contributed by atoms with Gasteiger partial charge in [-0.25, -0.2) is 0 Å². The second kappa shape index (κ2) is 6.43. The molecule has 1 unspecified atom stereocenters. The number of anilines is 1. The van der Waals surface area contributed by atoms with Crippen molar-refractivity contribution in [3.05, 3.63) is 17.2 Å². The Morgan fingerprint density at radius 3 is 2.67 bits per heavy atom. The number of halogens is 1. The van der Waals surface area contributed by atoms with Crippen molar-refractivity contribution in [2.75, 3.05) is 37.6 Å². The minimum absolute atomic E-state index is 0.657. The molecule has 1 aromatic rings. The van der Waals surface area contributed by atoms with Crippen molar-refractivity contribution >= 4 is 29.1 Å². The number of thioether (sulfide) groups is 1. The van der Waals surface area contributed by atoms with Gasteiger partial charge in [0.05, 0.1) is 24.9 Å². The normalized spacial score (nSPS) is 18.7. The zero-order chi connectivity index (χ0) is 13.0. The second-order valence-electron chi connectivity index (χ2n) is 4.30. The standard InChI is InChI=1S/C13H18ClNO2S/c1-16-12-5-10(14)11(6-13(12)17-2)15-7-9-3-4-18-8-9/h5-6,9,15H,3-4,7-8H2,1-2H3. The van der Waals surface area contributed by atoms with E-state index in [9.17, 15) is 0 Å². The van der Waals surface area contributed by atoms with Gasteiger partial charge in [0.25, 0.3) is 0 Å². The molecule has 2 rings (SSSR count). The van der Waals surface area contributed by atoms with E-state index in [0.717, 1.165) is 18.2 Å². The van der Waals surface area contributed by atoms with Gasteiger partial charge in [0, 0.05) is 18.7 Å². The van der Waals surface area contributed by atoms with Gasteiger partial charge in [-0.05, 0) is 23.8 Å². The van der Waals surface area contributed by atoms with Crippen LogP contribution in [0.25, 0.3) is 0 Å². The van der Waals surface area contributed by atoms with Gasteiger partial charge in [0.15, 0.2) is 11.5 Å². The predicted octanol–water partition coefficient (Wildman–Crippen LogP) is 3.52. The van der Waals surface area contributed by atoms with E-state index in [4.69, 9.17) is 21.1 Å². The van der Waals surface area contributed by atoms with E-state index in [1.165, 1.54) is 17.9 Å². The van der Waals surface area contributed by atoms with Crippen molar-refractivity contribution in [2.45, 2.75) is 6.42 Å². The van der Waals surface area contributed by atoms with Crippen LogP contribution in [0.5, 0.6) is 11.5 Å². The van der Waals surface area contributed by atoms with Crippen LogP contribution >= 0.6 is 23.4 Å². The fourth-order valence-electron chi connectivity index (χ4n) is 1.99. The van der Waals surface area contributed by atoms with Gasteiger partial charge in [-0.1, -0.05) is 11.6 Å². The highest BCUT2D eigenvalue weighted by atomic mass is 35.5. The molecule has 1 N–H and O–H groups in total. The fraction of sp³-hybridized carbons (Fsp3) is 0.538. The molecule has 1 aliphatic rings. The number of hydrogen-bond acceptors (Lipinski definition) is 4. The van der Waals surface area contributed by atoms with Gasteiger partial charge >= 0.3 is 0 Å². The van der Waals surface area contributed by atoms with Crippen LogP contribution in [0, 0.1) is 5.92 Å². The summed E-state index contributed by atoms with van der Waals surface area (Å²) in [5.74, 6) is 4.60. The molecule has 1 saturated heterocycles. The van der Waals surface area contributed by atoms with E-state index >= 15 is 0 Å². The summed E-state index contributed by atoms with van der Waals surface area (Å²) >= 11 is 8.24. The third-order valence-corrected chi connectivity index (χ3v) is 4.62. The lowest BCUT2D eigenvalue weighted by Crippen LogP contribution is -2.13. The number of ether oxygens (including phenoxy) is 2. The lowest BCUT2D eigenvalue weighted by molar-refractivity contribution is 0.355. The smallest absolute Gasteiger partial charge is 0.162 e. The van der Waals surface area contributed by atoms with Gasteiger partial charge in [-0.15, -0.1) is 0 Å². The minimum atomic E-state index is 0.657. The molecule has 1 atom stereocenters. The Morgan fingerprint density at radius 2 is 2.06 bits per heavy atom. The molecule has 0 aromatic heterocycles. The third-order valence-electron chi connectivity index (χ3n) is 3.08. The Labute approximate surface area is 117 Å². The first-order valence-electron chi connectivity index (χ1n) is 5.97. The highest BCUT2D eigenvalue weighted by Crippen LogP contribution is 2.36. The van der Waals surface area contributed by atoms with Crippen molar-refractivity contribution in [1.29, 1.82) is 0 Å². The van der Waals surface area contributed by atoms with Crippen molar-refractivity contribution < 1.29 is 9.47 Å². The predicted molar refractivity (Wildman–Crippen MR) is 78.5 cm³/mol. The summed E-state index contributed by atoms with van der Waals surface area (Å²) in [5.41, 5.74) is 0.909. The number of hydrogen-bond donors (Lipinski definition) is 1. The summed E-state index contributed by atoms with van der Waals surface area (Å²) in [6.07, 6.45) is 1.28. The van der Waals surface area contributed by atoms with E-state index < -0.39 is 0 Å². The summed E-state index contributed by atoms with van der Waals surface area (Å²) in [6.45, 7) is 0.961. The summed E-state index contributed by atoms with van der Waals surface area (Å²) in [7, 11) is 3.24. The maximum Gasteiger partial charge on any atom is 0.162 e. The van der Waals surface area contributed by atoms with Crippen LogP contribution in [-0.2, 0) is 0 Å². The van der Waals surface area contributed by atoms with E-state index in [-0.39, 0.29) is 0 Å². The van der Waals surface area contributed by atoms with Gasteiger partial charge in [0.1, 0.15) is 0 Å². The molecule has 0 aliphatic carbocycles. The molecule has 1 aliphatic heterocycles. The fourth-order valence-corrected chi connectivity index (χ4v) is 3.49. The number of rotatable bonds is 5. The molecule has 0 spiro atoms. The number of methoxy groups -OCH3 is 2. The zero-order valence-electron chi connectivity index (χ0n) is 10.7. The maximum atomic E-state index is 6.22. The van der Waals surface area contributed by atoms with Gasteiger partial charge in [-0.3, -0.25) is 0 Å². The lowest BCUT2D eigenvalue weighted by atomic mass is 10.1. The number of nitrogens with one attached hydrogen (secondary N) is 1. The zero-order valence-corrected chi connectivity index (χ0v) is 12.2. The van der Waals surface area contributed by atoms with E-state index in [1.54, 1.807) is 20.3 Å². The molecule has 0 saturated carbocycles. The molecule has 18 heavy (non-hydrogen) atoms. The highest BCUT2D eigenvalue weighted by molar-refractivity contribution is 7.99. The molecular weight excluding hydrogens is 270 g/mol. The van der Waals surface area contributed by atoms with E-state index in [0.29, 0.717) is 16.5 Å². The average molecular weight is 288 g/mol. The third kappa shape index (κ3) is 3.18. The van der Waals surface area contributed by atoms with Crippen LogP contribution in [0.2, 0.25) is 5.02 Å². The Balaban J connectivity index is 2.06. The summed E-state index contributed by atoms with van der Waals surface area (Å²) in [5, 5.41) is 4.07. The van der Waals surface area contributed by atoms with E-state index in [2.05, 4.69) is 5.32 Å². The first-order chi connectivity index (χ1) is 8.74. The largest absolute Gasteiger partial charge is 0.493 e. The molecule has 0 radical (unpaired) electrons. The van der Waals surface area contributed by atoms with Crippen LogP contribution in [0.3, 0.4) is 0 Å². The molecule has 1 fully saturated rings. The van der Waals surface area contributed by atoms with Crippen molar-refractivity contribution in [1.82, 2.24) is 0 Å².